The number of rotatable bonds is 10. The monoisotopic (exact) mass is 544 g/mol. The fourth-order valence-electron chi connectivity index (χ4n) is 4.92. The van der Waals surface area contributed by atoms with Crippen molar-refractivity contribution in [2.45, 2.75) is 82.0 Å². The molecule has 1 aromatic carbocycles. The summed E-state index contributed by atoms with van der Waals surface area (Å²) < 4.78 is 49.8. The fourth-order valence-corrected chi connectivity index (χ4v) is 6.20. The molecule has 1 atom stereocenters. The van der Waals surface area contributed by atoms with Crippen molar-refractivity contribution in [2.24, 2.45) is 0 Å². The fraction of sp³-hybridized carbons (Fsp3) is 0.519. The summed E-state index contributed by atoms with van der Waals surface area (Å²) >= 11 is 0. The van der Waals surface area contributed by atoms with Gasteiger partial charge >= 0.3 is 0 Å². The molecule has 1 aliphatic heterocycles. The van der Waals surface area contributed by atoms with Gasteiger partial charge in [-0.2, -0.15) is 5.10 Å². The maximum atomic E-state index is 15.4. The van der Waals surface area contributed by atoms with Gasteiger partial charge in [0.1, 0.15) is 17.1 Å². The largest absolute Gasteiger partial charge is 0.493 e. The summed E-state index contributed by atoms with van der Waals surface area (Å²) in [5, 5.41) is 6.78. The van der Waals surface area contributed by atoms with Gasteiger partial charge in [-0.3, -0.25) is 14.3 Å². The first-order valence-electron chi connectivity index (χ1n) is 13.2. The van der Waals surface area contributed by atoms with Crippen LogP contribution in [0, 0.1) is 5.82 Å². The second-order valence-electron chi connectivity index (χ2n) is 10.6. The average molecular weight is 545 g/mol. The Morgan fingerprint density at radius 3 is 2.66 bits per heavy atom. The Hall–Kier alpha value is -3.21. The Labute approximate surface area is 221 Å². The zero-order chi connectivity index (χ0) is 27.1. The van der Waals surface area contributed by atoms with E-state index in [1.54, 1.807) is 31.3 Å². The molecule has 1 unspecified atom stereocenters. The topological polar surface area (TPSA) is 119 Å². The van der Waals surface area contributed by atoms with E-state index in [-0.39, 0.29) is 29.2 Å². The maximum Gasteiger partial charge on any atom is 0.270 e. The van der Waals surface area contributed by atoms with Crippen LogP contribution in [0.4, 0.5) is 4.39 Å². The van der Waals surface area contributed by atoms with Crippen molar-refractivity contribution < 1.29 is 27.1 Å². The molecule has 11 heteroatoms. The van der Waals surface area contributed by atoms with Crippen molar-refractivity contribution in [1.82, 2.24) is 19.8 Å². The number of aromatic nitrogens is 2. The number of hydrogen-bond donors (Lipinski definition) is 2. The lowest BCUT2D eigenvalue weighted by atomic mass is 9.79. The van der Waals surface area contributed by atoms with Crippen LogP contribution in [0.2, 0.25) is 0 Å². The highest BCUT2D eigenvalue weighted by molar-refractivity contribution is 7.91. The van der Waals surface area contributed by atoms with Crippen molar-refractivity contribution in [3.8, 4) is 5.75 Å². The van der Waals surface area contributed by atoms with Gasteiger partial charge in [0.2, 0.25) is 10.0 Å². The van der Waals surface area contributed by atoms with Crippen LogP contribution < -0.4 is 14.8 Å². The molecule has 1 aromatic heterocycles. The summed E-state index contributed by atoms with van der Waals surface area (Å²) in [6, 6.07) is 6.49. The van der Waals surface area contributed by atoms with E-state index >= 15 is 4.39 Å². The summed E-state index contributed by atoms with van der Waals surface area (Å²) in [4.78, 5) is 26.6. The van der Waals surface area contributed by atoms with Crippen molar-refractivity contribution >= 4 is 27.4 Å². The third-order valence-electron chi connectivity index (χ3n) is 7.54. The molecule has 2 N–H and O–H groups in total. The number of amides is 2. The SMILES string of the molecule is CCCCOc1ccc(C2(C)CC(c3ccn(C4CCC4)n3)=C(C(=O)NS(=O)(=O)C3CC3)C(=O)N2)c(F)c1. The summed E-state index contributed by atoms with van der Waals surface area (Å²) in [5.74, 6) is -1.93. The van der Waals surface area contributed by atoms with Crippen molar-refractivity contribution in [3.63, 3.8) is 0 Å². The van der Waals surface area contributed by atoms with Crippen LogP contribution >= 0.6 is 0 Å². The van der Waals surface area contributed by atoms with Crippen LogP contribution in [0.25, 0.3) is 5.57 Å². The second kappa shape index (κ2) is 10.2. The Kier molecular flexibility index (Phi) is 7.06. The van der Waals surface area contributed by atoms with Crippen LogP contribution in [0.1, 0.15) is 82.5 Å². The molecule has 2 aromatic rings. The molecule has 2 aliphatic carbocycles. The third kappa shape index (κ3) is 5.21. The van der Waals surface area contributed by atoms with E-state index < -0.39 is 38.4 Å². The lowest BCUT2D eigenvalue weighted by Crippen LogP contribution is -2.51. The summed E-state index contributed by atoms with van der Waals surface area (Å²) in [6.45, 7) is 4.19. The van der Waals surface area contributed by atoms with Crippen LogP contribution in [0.5, 0.6) is 5.75 Å². The zero-order valence-corrected chi connectivity index (χ0v) is 22.4. The molecule has 2 fully saturated rings. The number of unbranched alkanes of at least 4 members (excludes halogenated alkanes) is 1. The van der Waals surface area contributed by atoms with Crippen LogP contribution in [-0.4, -0.2) is 41.9 Å². The van der Waals surface area contributed by atoms with Gasteiger partial charge in [-0.1, -0.05) is 19.4 Å². The number of hydrogen-bond acceptors (Lipinski definition) is 6. The number of nitrogens with one attached hydrogen (secondary N) is 2. The number of sulfonamides is 1. The lowest BCUT2D eigenvalue weighted by molar-refractivity contribution is -0.124. The molecule has 2 saturated carbocycles. The Morgan fingerprint density at radius 1 is 1.26 bits per heavy atom. The minimum Gasteiger partial charge on any atom is -0.493 e. The van der Waals surface area contributed by atoms with Gasteiger partial charge in [0.25, 0.3) is 11.8 Å². The molecule has 3 aliphatic rings. The highest BCUT2D eigenvalue weighted by Crippen LogP contribution is 2.40. The average Bonchev–Trinajstić information content (AvgIpc) is 3.57. The third-order valence-corrected chi connectivity index (χ3v) is 9.36. The second-order valence-corrected chi connectivity index (χ2v) is 12.6. The number of nitrogens with zero attached hydrogens (tertiary/aromatic N) is 2. The molecular formula is C27H33FN4O5S. The summed E-state index contributed by atoms with van der Waals surface area (Å²) in [6.07, 6.45) is 7.67. The van der Waals surface area contributed by atoms with Gasteiger partial charge in [0.05, 0.1) is 29.1 Å². The molecule has 0 spiro atoms. The molecule has 0 bridgehead atoms. The first kappa shape index (κ1) is 26.4. The van der Waals surface area contributed by atoms with E-state index in [9.17, 15) is 18.0 Å². The van der Waals surface area contributed by atoms with Gasteiger partial charge in [-0.25, -0.2) is 17.5 Å². The van der Waals surface area contributed by atoms with Gasteiger partial charge in [-0.15, -0.1) is 0 Å². The quantitative estimate of drug-likeness (QED) is 0.348. The van der Waals surface area contributed by atoms with E-state index in [0.717, 1.165) is 32.1 Å². The number of halogens is 1. The van der Waals surface area contributed by atoms with Gasteiger partial charge < -0.3 is 10.1 Å². The molecule has 0 radical (unpaired) electrons. The first-order valence-corrected chi connectivity index (χ1v) is 14.8. The normalized spacial score (nSPS) is 22.1. The standard InChI is InChI=1S/C27H33FN4O5S/c1-3-4-14-37-18-8-11-21(22(28)15-18)27(2)16-20(23-12-13-32(30-23)17-6-5-7-17)24(25(33)29-27)26(34)31-38(35,36)19-9-10-19/h8,11-13,15,17,19H,3-7,9-10,14,16H2,1-2H3,(H,29,33)(H,31,34). The summed E-state index contributed by atoms with van der Waals surface area (Å²) in [7, 11) is -3.88. The predicted octanol–water partition coefficient (Wildman–Crippen LogP) is 3.72. The van der Waals surface area contributed by atoms with Gasteiger partial charge in [0, 0.05) is 29.8 Å². The molecule has 5 rings (SSSR count). The van der Waals surface area contributed by atoms with E-state index in [1.165, 1.54) is 6.07 Å². The van der Waals surface area contributed by atoms with Crippen molar-refractivity contribution in [3.05, 3.63) is 53.1 Å². The molecular weight excluding hydrogens is 511 g/mol. The summed E-state index contributed by atoms with van der Waals surface area (Å²) in [5.41, 5.74) is -0.620. The Balaban J connectivity index is 1.50. The predicted molar refractivity (Wildman–Crippen MR) is 139 cm³/mol. The number of carbonyl (C=O) groups excluding carboxylic acids is 2. The van der Waals surface area contributed by atoms with Crippen molar-refractivity contribution in [2.75, 3.05) is 6.61 Å². The maximum absolute atomic E-state index is 15.4. The van der Waals surface area contributed by atoms with E-state index in [4.69, 9.17) is 4.74 Å². The lowest BCUT2D eigenvalue weighted by Gasteiger charge is -2.37. The minimum absolute atomic E-state index is 0.0413. The highest BCUT2D eigenvalue weighted by atomic mass is 32.2. The number of ether oxygens (including phenoxy) is 1. The molecule has 38 heavy (non-hydrogen) atoms. The molecule has 9 nitrogen and oxygen atoms in total. The first-order chi connectivity index (χ1) is 18.1. The smallest absolute Gasteiger partial charge is 0.270 e. The molecule has 204 valence electrons. The minimum atomic E-state index is -3.88. The van der Waals surface area contributed by atoms with E-state index in [2.05, 4.69) is 15.1 Å². The van der Waals surface area contributed by atoms with Crippen LogP contribution in [0.15, 0.2) is 36.0 Å². The van der Waals surface area contributed by atoms with Crippen LogP contribution in [0.3, 0.4) is 0 Å². The molecule has 2 amide bonds. The zero-order valence-electron chi connectivity index (χ0n) is 21.6. The Morgan fingerprint density at radius 2 is 2.03 bits per heavy atom. The number of benzene rings is 1. The van der Waals surface area contributed by atoms with Gasteiger partial charge in [-0.05, 0) is 57.6 Å². The molecule has 2 heterocycles. The van der Waals surface area contributed by atoms with E-state index in [1.807, 2.05) is 11.6 Å². The number of carbonyl (C=O) groups is 2. The van der Waals surface area contributed by atoms with Crippen LogP contribution in [-0.2, 0) is 25.2 Å². The Bertz CT molecular complexity index is 1390. The van der Waals surface area contributed by atoms with Gasteiger partial charge in [0.15, 0.2) is 0 Å². The van der Waals surface area contributed by atoms with Crippen molar-refractivity contribution in [1.29, 1.82) is 0 Å². The highest BCUT2D eigenvalue weighted by Gasteiger charge is 2.44. The molecule has 0 saturated heterocycles. The van der Waals surface area contributed by atoms with E-state index in [0.29, 0.717) is 30.9 Å².